The van der Waals surface area contributed by atoms with Gasteiger partial charge in [0, 0.05) is 0 Å². The summed E-state index contributed by atoms with van der Waals surface area (Å²) in [5.41, 5.74) is 3.42. The average Bonchev–Trinajstić information content (AvgIpc) is 3.43. The van der Waals surface area contributed by atoms with Crippen molar-refractivity contribution in [3.05, 3.63) is 77.9 Å². The van der Waals surface area contributed by atoms with Gasteiger partial charge >= 0.3 is 54.7 Å². The Morgan fingerprint density at radius 1 is 0.844 bits per heavy atom. The summed E-state index contributed by atoms with van der Waals surface area (Å²) in [6.45, 7) is 18.3. The fourth-order valence-corrected chi connectivity index (χ4v) is 4.02. The van der Waals surface area contributed by atoms with Crippen LogP contribution in [0.1, 0.15) is 72.9 Å². The zero-order chi connectivity index (χ0) is 23.9. The van der Waals surface area contributed by atoms with E-state index >= 15 is 0 Å². The molecule has 32 heavy (non-hydrogen) atoms. The van der Waals surface area contributed by atoms with Gasteiger partial charge in [0.05, 0.1) is 0 Å². The van der Waals surface area contributed by atoms with Gasteiger partial charge in [0.2, 0.25) is 0 Å². The predicted octanol–water partition coefficient (Wildman–Crippen LogP) is 9.18. The quantitative estimate of drug-likeness (QED) is 0.234. The molecule has 1 aliphatic carbocycles. The fourth-order valence-electron chi connectivity index (χ4n) is 3.52. The Labute approximate surface area is 211 Å². The smallest absolute Gasteiger partial charge is 0.109 e. The molecule has 0 aliphatic heterocycles. The zero-order valence-corrected chi connectivity index (χ0v) is 24.9. The number of hydrogen-bond acceptors (Lipinski definition) is 0. The molecule has 0 radical (unpaired) electrons. The molecule has 0 fully saturated rings. The molecule has 0 spiro atoms. The molecule has 168 valence electrons. The van der Waals surface area contributed by atoms with Gasteiger partial charge in [0.1, 0.15) is 0 Å². The monoisotopic (exact) mass is 518 g/mol. The molecular formula is C30H40SiZr. The normalized spacial score (nSPS) is 13.1. The van der Waals surface area contributed by atoms with E-state index in [0.29, 0.717) is 0 Å². The summed E-state index contributed by atoms with van der Waals surface area (Å²) in [7, 11) is 0. The Balaban J connectivity index is 0.000000272. The topological polar surface area (TPSA) is 0 Å². The van der Waals surface area contributed by atoms with Crippen molar-refractivity contribution in [3.63, 3.8) is 0 Å². The molecule has 2 heteroatoms. The summed E-state index contributed by atoms with van der Waals surface area (Å²) >= 11 is 1.80. The van der Waals surface area contributed by atoms with Crippen LogP contribution >= 0.6 is 0 Å². The van der Waals surface area contributed by atoms with Crippen LogP contribution in [0.3, 0.4) is 0 Å². The second-order valence-electron chi connectivity index (χ2n) is 10.6. The number of rotatable bonds is 2. The van der Waals surface area contributed by atoms with Crippen LogP contribution in [0.4, 0.5) is 0 Å². The van der Waals surface area contributed by atoms with Gasteiger partial charge in [-0.25, -0.2) is 12.2 Å². The van der Waals surface area contributed by atoms with E-state index in [1.807, 2.05) is 12.2 Å². The van der Waals surface area contributed by atoms with Crippen LogP contribution in [0, 0.1) is 6.08 Å². The maximum absolute atomic E-state index is 2.99. The number of benzene rings is 2. The van der Waals surface area contributed by atoms with Gasteiger partial charge in [-0.1, -0.05) is 76.9 Å². The second-order valence-corrected chi connectivity index (χ2v) is 18.4. The van der Waals surface area contributed by atoms with Crippen LogP contribution in [0.2, 0.25) is 12.1 Å². The second kappa shape index (κ2) is 11.8. The van der Waals surface area contributed by atoms with E-state index in [1.165, 1.54) is 44.8 Å². The third kappa shape index (κ3) is 7.74. The first kappa shape index (κ1) is 27.1. The average molecular weight is 520 g/mol. The maximum atomic E-state index is 2.99. The minimum Gasteiger partial charge on any atom is -0.273 e. The first-order valence-corrected chi connectivity index (χ1v) is 17.5. The van der Waals surface area contributed by atoms with Gasteiger partial charge in [-0.3, -0.25) is 6.08 Å². The molecule has 0 amide bonds. The van der Waals surface area contributed by atoms with E-state index in [0.717, 1.165) is 6.42 Å². The molecule has 0 aromatic heterocycles. The van der Waals surface area contributed by atoms with E-state index in [-0.39, 0.29) is 16.3 Å². The van der Waals surface area contributed by atoms with Crippen molar-refractivity contribution in [2.24, 2.45) is 0 Å². The first-order chi connectivity index (χ1) is 15.0. The van der Waals surface area contributed by atoms with Crippen molar-refractivity contribution in [2.45, 2.75) is 84.7 Å². The molecule has 0 saturated heterocycles. The van der Waals surface area contributed by atoms with Gasteiger partial charge in [0.25, 0.3) is 0 Å². The molecule has 0 unspecified atom stereocenters. The third-order valence-electron chi connectivity index (χ3n) is 5.88. The summed E-state index contributed by atoms with van der Waals surface area (Å²) in [5, 5.41) is 5.49. The summed E-state index contributed by atoms with van der Waals surface area (Å²) in [6, 6.07) is 19.1. The van der Waals surface area contributed by atoms with E-state index in [9.17, 15) is 0 Å². The van der Waals surface area contributed by atoms with Crippen molar-refractivity contribution >= 4 is 27.0 Å². The molecule has 0 heterocycles. The first-order valence-electron chi connectivity index (χ1n) is 11.9. The zero-order valence-electron chi connectivity index (χ0n) is 21.4. The van der Waals surface area contributed by atoms with Crippen molar-refractivity contribution in [1.29, 1.82) is 0 Å². The van der Waals surface area contributed by atoms with E-state index in [4.69, 9.17) is 0 Å². The third-order valence-corrected chi connectivity index (χ3v) is 12.8. The van der Waals surface area contributed by atoms with Crippen LogP contribution in [-0.2, 0) is 34.2 Å². The summed E-state index contributed by atoms with van der Waals surface area (Å²) < 4.78 is 0. The number of hydrogen-bond donors (Lipinski definition) is 0. The van der Waals surface area contributed by atoms with Crippen LogP contribution in [0.25, 0.3) is 21.5 Å². The molecule has 0 N–H and O–H groups in total. The summed E-state index contributed by atoms with van der Waals surface area (Å²) in [4.78, 5) is 0. The van der Waals surface area contributed by atoms with Gasteiger partial charge in [-0.15, -0.1) is 46.2 Å². The van der Waals surface area contributed by atoms with Crippen molar-refractivity contribution in [3.8, 4) is 0 Å². The Hall–Kier alpha value is -1.11. The van der Waals surface area contributed by atoms with Crippen LogP contribution in [0.15, 0.2) is 60.7 Å². The van der Waals surface area contributed by atoms with Crippen molar-refractivity contribution < 1.29 is 23.3 Å². The predicted molar refractivity (Wildman–Crippen MR) is 143 cm³/mol. The standard InChI is InChI=1S/C21H25.C5H5.C4H10Si.Zr/c1-20(2,3)16-9-7-14-11-15-8-10-17(21(4,5)6)13-19(15)18(14)12-16;1-2-4-5-3-1;1-3-5-4-2;/h7-13H,1-6H3;1-3H,4H2;3-4H2,1-2H3;/q2*-1;;+2. The Kier molecular flexibility index (Phi) is 10.0. The van der Waals surface area contributed by atoms with E-state index in [1.54, 1.807) is 23.3 Å². The molecule has 0 nitrogen and oxygen atoms in total. The SMILES string of the molecule is CC(C)(C)c1ccc2[cH-]c3ccc(C(C)(C)C)cc3c2c1.CC[Si](=[Zr+2])CC.[C-]1=CC=CC1. The maximum Gasteiger partial charge on any atom is -0.109 e. The Morgan fingerprint density at radius 2 is 1.31 bits per heavy atom. The van der Waals surface area contributed by atoms with Gasteiger partial charge in [-0.2, -0.15) is 6.08 Å². The molecule has 0 atom stereocenters. The molecule has 0 saturated carbocycles. The van der Waals surface area contributed by atoms with E-state index < -0.39 is 0 Å². The van der Waals surface area contributed by atoms with Crippen molar-refractivity contribution in [2.75, 3.05) is 0 Å². The minimum atomic E-state index is 0.194. The number of fused-ring (bicyclic) bond motifs is 3. The summed E-state index contributed by atoms with van der Waals surface area (Å²) in [6.07, 6.45) is 10.0. The minimum absolute atomic E-state index is 0.194. The largest absolute Gasteiger partial charge is 0.273 e. The molecule has 3 aromatic rings. The van der Waals surface area contributed by atoms with E-state index in [2.05, 4.69) is 110 Å². The Bertz CT molecular complexity index is 1010. The van der Waals surface area contributed by atoms with Gasteiger partial charge < -0.3 is 0 Å². The molecular weight excluding hydrogens is 480 g/mol. The Morgan fingerprint density at radius 3 is 1.56 bits per heavy atom. The molecule has 3 aromatic carbocycles. The van der Waals surface area contributed by atoms with Crippen molar-refractivity contribution in [1.82, 2.24) is 0 Å². The number of allylic oxidation sites excluding steroid dienone is 4. The van der Waals surface area contributed by atoms with Crippen LogP contribution in [-0.4, -0.2) is 5.43 Å². The van der Waals surface area contributed by atoms with Crippen LogP contribution in [0.5, 0.6) is 0 Å². The van der Waals surface area contributed by atoms with Gasteiger partial charge in [0.15, 0.2) is 0 Å². The fraction of sp³-hybridized carbons (Fsp3) is 0.433. The molecule has 4 rings (SSSR count). The van der Waals surface area contributed by atoms with Gasteiger partial charge in [-0.05, 0) is 10.8 Å². The summed E-state index contributed by atoms with van der Waals surface area (Å²) in [5.74, 6) is 0. The molecule has 1 aliphatic rings. The van der Waals surface area contributed by atoms with Crippen LogP contribution < -0.4 is 0 Å². The molecule has 0 bridgehead atoms.